The van der Waals surface area contributed by atoms with Crippen LogP contribution in [0.5, 0.6) is 5.75 Å². The van der Waals surface area contributed by atoms with Gasteiger partial charge in [0, 0.05) is 37.8 Å². The Hall–Kier alpha value is -0.520. The fraction of sp³-hybridized carbons (Fsp3) is 0.467. The van der Waals surface area contributed by atoms with Gasteiger partial charge in [-0.05, 0) is 25.0 Å². The van der Waals surface area contributed by atoms with Gasteiger partial charge < -0.3 is 10.4 Å². The Labute approximate surface area is 148 Å². The van der Waals surface area contributed by atoms with Crippen molar-refractivity contribution in [3.63, 3.8) is 0 Å². The normalized spacial score (nSPS) is 16.3. The topological polar surface area (TPSA) is 35.5 Å². The molecule has 0 aromatic heterocycles. The maximum Gasteiger partial charge on any atom is 0.139 e. The van der Waals surface area contributed by atoms with Crippen LogP contribution in [0.25, 0.3) is 0 Å². The number of piperazine rings is 1. The molecule has 22 heavy (non-hydrogen) atoms. The Bertz CT molecular complexity index is 482. The molecular weight excluding hydrogens is 350 g/mol. The lowest BCUT2D eigenvalue weighted by molar-refractivity contribution is 0.163. The van der Waals surface area contributed by atoms with E-state index in [-0.39, 0.29) is 41.6 Å². The van der Waals surface area contributed by atoms with Gasteiger partial charge in [0.05, 0.1) is 5.02 Å². The summed E-state index contributed by atoms with van der Waals surface area (Å²) in [6.07, 6.45) is 3.44. The van der Waals surface area contributed by atoms with E-state index in [4.69, 9.17) is 11.6 Å². The van der Waals surface area contributed by atoms with E-state index in [9.17, 15) is 9.50 Å². The molecule has 1 atom stereocenters. The molecule has 2 N–H and O–H groups in total. The van der Waals surface area contributed by atoms with Crippen LogP contribution in [0.1, 0.15) is 24.4 Å². The molecular formula is C15H22Cl3FN2O. The van der Waals surface area contributed by atoms with Gasteiger partial charge in [-0.2, -0.15) is 0 Å². The lowest BCUT2D eigenvalue weighted by Gasteiger charge is -2.35. The molecule has 7 heteroatoms. The van der Waals surface area contributed by atoms with Crippen molar-refractivity contribution in [3.05, 3.63) is 41.2 Å². The summed E-state index contributed by atoms with van der Waals surface area (Å²) in [5.74, 6) is -0.429. The van der Waals surface area contributed by atoms with Gasteiger partial charge >= 0.3 is 0 Å². The van der Waals surface area contributed by atoms with E-state index in [1.54, 1.807) is 0 Å². The Morgan fingerprint density at radius 3 is 2.59 bits per heavy atom. The zero-order valence-electron chi connectivity index (χ0n) is 12.2. The number of hydrogen-bond acceptors (Lipinski definition) is 3. The highest BCUT2D eigenvalue weighted by molar-refractivity contribution is 6.32. The number of halogens is 4. The highest BCUT2D eigenvalue weighted by Crippen LogP contribution is 2.37. The first-order valence-electron chi connectivity index (χ1n) is 6.87. The van der Waals surface area contributed by atoms with Crippen LogP contribution in [-0.2, 0) is 0 Å². The molecule has 126 valence electrons. The molecule has 1 aliphatic heterocycles. The number of benzene rings is 1. The van der Waals surface area contributed by atoms with Gasteiger partial charge in [-0.15, -0.1) is 31.4 Å². The van der Waals surface area contributed by atoms with Crippen LogP contribution < -0.4 is 5.32 Å². The van der Waals surface area contributed by atoms with Gasteiger partial charge in [-0.1, -0.05) is 17.7 Å². The molecule has 1 heterocycles. The van der Waals surface area contributed by atoms with Gasteiger partial charge in [0.1, 0.15) is 11.6 Å². The van der Waals surface area contributed by atoms with Crippen molar-refractivity contribution in [2.75, 3.05) is 26.2 Å². The zero-order chi connectivity index (χ0) is 14.5. The number of phenols is 1. The number of hydrogen-bond donors (Lipinski definition) is 2. The Morgan fingerprint density at radius 2 is 2.00 bits per heavy atom. The lowest BCUT2D eigenvalue weighted by Crippen LogP contribution is -2.45. The van der Waals surface area contributed by atoms with Crippen LogP contribution in [0, 0.1) is 5.82 Å². The third-order valence-corrected chi connectivity index (χ3v) is 3.94. The molecule has 0 radical (unpaired) electrons. The molecule has 2 rings (SSSR count). The maximum atomic E-state index is 13.6. The first-order valence-corrected chi connectivity index (χ1v) is 7.25. The molecule has 1 aromatic carbocycles. The standard InChI is InChI=1S/C15H20ClFN2O.2ClH/c1-2-3-4-14(19-7-5-18-6-8-19)12-9-11(17)10-13(16)15(12)20;;/h2,9-10,14,18,20H,1,3-8H2;2*1H/t14-;;/m1../s1. The van der Waals surface area contributed by atoms with Crippen molar-refractivity contribution >= 4 is 36.4 Å². The molecule has 1 saturated heterocycles. The summed E-state index contributed by atoms with van der Waals surface area (Å²) in [6.45, 7) is 7.27. The van der Waals surface area contributed by atoms with Crippen molar-refractivity contribution < 1.29 is 9.50 Å². The summed E-state index contributed by atoms with van der Waals surface area (Å²) in [7, 11) is 0. The van der Waals surface area contributed by atoms with Crippen LogP contribution in [0.15, 0.2) is 24.8 Å². The molecule has 1 aromatic rings. The minimum atomic E-state index is -0.415. The molecule has 0 saturated carbocycles. The number of nitrogens with zero attached hydrogens (tertiary/aromatic N) is 1. The third-order valence-electron chi connectivity index (χ3n) is 3.65. The zero-order valence-corrected chi connectivity index (χ0v) is 14.6. The van der Waals surface area contributed by atoms with Crippen molar-refractivity contribution in [1.82, 2.24) is 10.2 Å². The minimum Gasteiger partial charge on any atom is -0.506 e. The summed E-state index contributed by atoms with van der Waals surface area (Å²) in [6, 6.07) is 2.49. The molecule has 0 spiro atoms. The number of nitrogens with one attached hydrogen (secondary N) is 1. The highest BCUT2D eigenvalue weighted by Gasteiger charge is 2.25. The van der Waals surface area contributed by atoms with Crippen molar-refractivity contribution in [2.45, 2.75) is 18.9 Å². The summed E-state index contributed by atoms with van der Waals surface area (Å²) in [4.78, 5) is 2.25. The number of allylic oxidation sites excluding steroid dienone is 1. The van der Waals surface area contributed by atoms with Gasteiger partial charge in [-0.25, -0.2) is 4.39 Å². The van der Waals surface area contributed by atoms with E-state index in [2.05, 4.69) is 16.8 Å². The SMILES string of the molecule is C=CCC[C@H](c1cc(F)cc(Cl)c1O)N1CCNCC1.Cl.Cl. The van der Waals surface area contributed by atoms with Crippen LogP contribution >= 0.6 is 36.4 Å². The third kappa shape index (κ3) is 5.28. The Balaban J connectivity index is 0.00000220. The molecule has 3 nitrogen and oxygen atoms in total. The minimum absolute atomic E-state index is 0. The number of rotatable bonds is 5. The Morgan fingerprint density at radius 1 is 1.36 bits per heavy atom. The first-order chi connectivity index (χ1) is 9.63. The largest absolute Gasteiger partial charge is 0.506 e. The molecule has 1 aliphatic rings. The van der Waals surface area contributed by atoms with E-state index in [1.165, 1.54) is 6.07 Å². The van der Waals surface area contributed by atoms with Crippen LogP contribution in [-0.4, -0.2) is 36.2 Å². The number of aromatic hydroxyl groups is 1. The van der Waals surface area contributed by atoms with Crippen LogP contribution in [0.2, 0.25) is 5.02 Å². The van der Waals surface area contributed by atoms with Crippen molar-refractivity contribution in [3.8, 4) is 5.75 Å². The van der Waals surface area contributed by atoms with E-state index in [0.29, 0.717) is 5.56 Å². The van der Waals surface area contributed by atoms with Gasteiger partial charge in [0.15, 0.2) is 0 Å². The molecule has 0 bridgehead atoms. The predicted molar refractivity (Wildman–Crippen MR) is 94.2 cm³/mol. The second-order valence-electron chi connectivity index (χ2n) is 4.99. The van der Waals surface area contributed by atoms with E-state index < -0.39 is 5.82 Å². The van der Waals surface area contributed by atoms with Crippen molar-refractivity contribution in [1.29, 1.82) is 0 Å². The first kappa shape index (κ1) is 21.5. The second kappa shape index (κ2) is 10.3. The van der Waals surface area contributed by atoms with E-state index in [0.717, 1.165) is 45.1 Å². The second-order valence-corrected chi connectivity index (χ2v) is 5.40. The van der Waals surface area contributed by atoms with Gasteiger partial charge in [0.25, 0.3) is 0 Å². The lowest BCUT2D eigenvalue weighted by atomic mass is 9.98. The Kier molecular flexibility index (Phi) is 10.0. The molecule has 0 amide bonds. The fourth-order valence-corrected chi connectivity index (χ4v) is 2.86. The molecule has 0 aliphatic carbocycles. The molecule has 0 unspecified atom stereocenters. The summed E-state index contributed by atoms with van der Waals surface area (Å²) in [5.41, 5.74) is 0.568. The quantitative estimate of drug-likeness (QED) is 0.770. The van der Waals surface area contributed by atoms with Gasteiger partial charge in [0.2, 0.25) is 0 Å². The van der Waals surface area contributed by atoms with Gasteiger partial charge in [-0.3, -0.25) is 4.90 Å². The maximum absolute atomic E-state index is 13.6. The van der Waals surface area contributed by atoms with Crippen molar-refractivity contribution in [2.24, 2.45) is 0 Å². The predicted octanol–water partition coefficient (Wildman–Crippen LogP) is 3.94. The number of phenolic OH excluding ortho intramolecular Hbond substituents is 1. The van der Waals surface area contributed by atoms with E-state index in [1.807, 2.05) is 6.08 Å². The average molecular weight is 372 g/mol. The van der Waals surface area contributed by atoms with Crippen LogP contribution in [0.4, 0.5) is 4.39 Å². The summed E-state index contributed by atoms with van der Waals surface area (Å²) >= 11 is 5.90. The summed E-state index contributed by atoms with van der Waals surface area (Å²) < 4.78 is 13.6. The smallest absolute Gasteiger partial charge is 0.139 e. The molecule has 1 fully saturated rings. The average Bonchev–Trinajstić information content (AvgIpc) is 2.45. The summed E-state index contributed by atoms with van der Waals surface area (Å²) in [5, 5.41) is 13.5. The highest BCUT2D eigenvalue weighted by atomic mass is 35.5. The van der Waals surface area contributed by atoms with E-state index >= 15 is 0 Å². The van der Waals surface area contributed by atoms with Crippen LogP contribution in [0.3, 0.4) is 0 Å². The fourth-order valence-electron chi connectivity index (χ4n) is 2.64. The monoisotopic (exact) mass is 370 g/mol.